The monoisotopic (exact) mass is 251 g/mol. The van der Waals surface area contributed by atoms with Crippen molar-refractivity contribution in [1.29, 1.82) is 0 Å². The Kier molecular flexibility index (Phi) is 6.65. The second-order valence-electron chi connectivity index (χ2n) is 4.74. The van der Waals surface area contributed by atoms with Gasteiger partial charge in [0, 0.05) is 12.1 Å². The van der Waals surface area contributed by atoms with E-state index in [1.165, 1.54) is 32.0 Å². The zero-order chi connectivity index (χ0) is 13.4. The van der Waals surface area contributed by atoms with E-state index in [1.807, 2.05) is 6.07 Å². The first-order chi connectivity index (χ1) is 8.71. The highest BCUT2D eigenvalue weighted by Crippen LogP contribution is 2.24. The molecule has 1 aromatic rings. The zero-order valence-corrected chi connectivity index (χ0v) is 11.7. The molecule has 102 valence electrons. The molecule has 0 aromatic carbocycles. The molecule has 1 rings (SSSR count). The molecule has 0 bridgehead atoms. The van der Waals surface area contributed by atoms with Crippen LogP contribution < -0.4 is 10.5 Å². The predicted molar refractivity (Wildman–Crippen MR) is 73.4 cm³/mol. The lowest BCUT2D eigenvalue weighted by molar-refractivity contribution is 0.378. The highest BCUT2D eigenvalue weighted by atomic mass is 16.5. The van der Waals surface area contributed by atoms with Gasteiger partial charge in [-0.3, -0.25) is 0 Å². The fourth-order valence-electron chi connectivity index (χ4n) is 2.13. The Bertz CT molecular complexity index is 344. The van der Waals surface area contributed by atoms with Gasteiger partial charge in [0.25, 0.3) is 0 Å². The van der Waals surface area contributed by atoms with E-state index >= 15 is 0 Å². The fourth-order valence-corrected chi connectivity index (χ4v) is 2.13. The molecule has 2 atom stereocenters. The third-order valence-corrected chi connectivity index (χ3v) is 3.38. The van der Waals surface area contributed by atoms with Crippen LogP contribution in [0.2, 0.25) is 0 Å². The van der Waals surface area contributed by atoms with Gasteiger partial charge in [0.2, 0.25) is 5.88 Å². The van der Waals surface area contributed by atoms with Crippen LogP contribution in [0.1, 0.15) is 57.7 Å². The van der Waals surface area contributed by atoms with Crippen LogP contribution in [-0.4, -0.2) is 17.1 Å². The molecule has 18 heavy (non-hydrogen) atoms. The van der Waals surface area contributed by atoms with Gasteiger partial charge in [-0.05, 0) is 12.3 Å². The van der Waals surface area contributed by atoms with E-state index in [4.69, 9.17) is 10.5 Å². The standard InChI is InChI=1S/C14H25N3O/c1-4-6-7-11(5-2)8-12(15)13-9-14(18-3)17-10-16-13/h9-12H,4-8,15H2,1-3H3. The Morgan fingerprint density at radius 2 is 2.11 bits per heavy atom. The molecule has 0 aliphatic heterocycles. The molecule has 0 radical (unpaired) electrons. The minimum Gasteiger partial charge on any atom is -0.481 e. The van der Waals surface area contributed by atoms with Crippen LogP contribution in [0.4, 0.5) is 0 Å². The van der Waals surface area contributed by atoms with E-state index in [2.05, 4.69) is 23.8 Å². The van der Waals surface area contributed by atoms with Gasteiger partial charge in [-0.1, -0.05) is 39.5 Å². The molecule has 4 nitrogen and oxygen atoms in total. The van der Waals surface area contributed by atoms with E-state index < -0.39 is 0 Å². The van der Waals surface area contributed by atoms with Crippen LogP contribution in [0, 0.1) is 5.92 Å². The number of ether oxygens (including phenoxy) is 1. The van der Waals surface area contributed by atoms with Gasteiger partial charge in [0.1, 0.15) is 6.33 Å². The normalized spacial score (nSPS) is 14.2. The third-order valence-electron chi connectivity index (χ3n) is 3.38. The van der Waals surface area contributed by atoms with Crippen molar-refractivity contribution in [3.63, 3.8) is 0 Å². The Morgan fingerprint density at radius 3 is 2.72 bits per heavy atom. The maximum Gasteiger partial charge on any atom is 0.216 e. The number of methoxy groups -OCH3 is 1. The number of nitrogens with two attached hydrogens (primary N) is 1. The van der Waals surface area contributed by atoms with E-state index in [1.54, 1.807) is 7.11 Å². The van der Waals surface area contributed by atoms with E-state index in [-0.39, 0.29) is 6.04 Å². The summed E-state index contributed by atoms with van der Waals surface area (Å²) in [7, 11) is 1.60. The smallest absolute Gasteiger partial charge is 0.216 e. The van der Waals surface area contributed by atoms with E-state index in [9.17, 15) is 0 Å². The first-order valence-corrected chi connectivity index (χ1v) is 6.82. The summed E-state index contributed by atoms with van der Waals surface area (Å²) in [5.74, 6) is 1.26. The average Bonchev–Trinajstić information content (AvgIpc) is 2.43. The maximum atomic E-state index is 6.22. The molecule has 0 saturated heterocycles. The van der Waals surface area contributed by atoms with Crippen molar-refractivity contribution in [2.75, 3.05) is 7.11 Å². The largest absolute Gasteiger partial charge is 0.481 e. The van der Waals surface area contributed by atoms with Gasteiger partial charge in [0.05, 0.1) is 12.8 Å². The van der Waals surface area contributed by atoms with Crippen molar-refractivity contribution in [3.05, 3.63) is 18.1 Å². The number of hydrogen-bond acceptors (Lipinski definition) is 4. The van der Waals surface area contributed by atoms with Crippen molar-refractivity contribution < 1.29 is 4.74 Å². The second kappa shape index (κ2) is 8.03. The molecule has 0 fully saturated rings. The Labute approximate surface area is 110 Å². The molecular weight excluding hydrogens is 226 g/mol. The van der Waals surface area contributed by atoms with Gasteiger partial charge in [-0.2, -0.15) is 0 Å². The predicted octanol–water partition coefficient (Wildman–Crippen LogP) is 3.09. The molecule has 2 N–H and O–H groups in total. The number of rotatable bonds is 8. The van der Waals surface area contributed by atoms with E-state index in [0.29, 0.717) is 11.8 Å². The van der Waals surface area contributed by atoms with Gasteiger partial charge < -0.3 is 10.5 Å². The summed E-state index contributed by atoms with van der Waals surface area (Å²) >= 11 is 0. The van der Waals surface area contributed by atoms with Crippen LogP contribution in [0.5, 0.6) is 5.88 Å². The Morgan fingerprint density at radius 1 is 1.33 bits per heavy atom. The summed E-state index contributed by atoms with van der Waals surface area (Å²) in [6.45, 7) is 4.45. The first-order valence-electron chi connectivity index (χ1n) is 6.82. The molecular formula is C14H25N3O. The van der Waals surface area contributed by atoms with Crippen LogP contribution in [-0.2, 0) is 0 Å². The van der Waals surface area contributed by atoms with Crippen LogP contribution in [0.3, 0.4) is 0 Å². The van der Waals surface area contributed by atoms with Crippen molar-refractivity contribution in [1.82, 2.24) is 9.97 Å². The summed E-state index contributed by atoms with van der Waals surface area (Å²) < 4.78 is 5.09. The molecule has 0 aliphatic rings. The molecule has 0 aliphatic carbocycles. The highest BCUT2D eigenvalue weighted by Gasteiger charge is 2.15. The number of aromatic nitrogens is 2. The molecule has 0 amide bonds. The third kappa shape index (κ3) is 4.61. The fraction of sp³-hybridized carbons (Fsp3) is 0.714. The van der Waals surface area contributed by atoms with Gasteiger partial charge >= 0.3 is 0 Å². The molecule has 2 unspecified atom stereocenters. The van der Waals surface area contributed by atoms with Gasteiger partial charge in [-0.15, -0.1) is 0 Å². The van der Waals surface area contributed by atoms with E-state index in [0.717, 1.165) is 12.1 Å². The van der Waals surface area contributed by atoms with Crippen LogP contribution in [0.15, 0.2) is 12.4 Å². The van der Waals surface area contributed by atoms with Crippen molar-refractivity contribution in [2.45, 2.75) is 52.0 Å². The van der Waals surface area contributed by atoms with Gasteiger partial charge in [0.15, 0.2) is 0 Å². The molecule has 1 aromatic heterocycles. The zero-order valence-electron chi connectivity index (χ0n) is 11.7. The second-order valence-corrected chi connectivity index (χ2v) is 4.74. The molecule has 0 saturated carbocycles. The lowest BCUT2D eigenvalue weighted by Crippen LogP contribution is -2.17. The summed E-state index contributed by atoms with van der Waals surface area (Å²) in [4.78, 5) is 8.24. The minimum atomic E-state index is -0.0243. The highest BCUT2D eigenvalue weighted by molar-refractivity contribution is 5.16. The average molecular weight is 251 g/mol. The summed E-state index contributed by atoms with van der Waals surface area (Å²) in [5, 5.41) is 0. The maximum absolute atomic E-state index is 6.22. The number of nitrogens with zero attached hydrogens (tertiary/aromatic N) is 2. The lowest BCUT2D eigenvalue weighted by Gasteiger charge is -2.19. The van der Waals surface area contributed by atoms with Crippen molar-refractivity contribution in [3.8, 4) is 5.88 Å². The number of unbranched alkanes of at least 4 members (excludes halogenated alkanes) is 1. The van der Waals surface area contributed by atoms with Gasteiger partial charge in [-0.25, -0.2) is 9.97 Å². The summed E-state index contributed by atoms with van der Waals surface area (Å²) in [6.07, 6.45) is 7.45. The Balaban J connectivity index is 2.59. The molecule has 1 heterocycles. The minimum absolute atomic E-state index is 0.0243. The molecule has 4 heteroatoms. The van der Waals surface area contributed by atoms with Crippen molar-refractivity contribution in [2.24, 2.45) is 11.7 Å². The van der Waals surface area contributed by atoms with Crippen molar-refractivity contribution >= 4 is 0 Å². The quantitative estimate of drug-likeness (QED) is 0.771. The SMILES string of the molecule is CCCCC(CC)CC(N)c1cc(OC)ncn1. The first kappa shape index (κ1) is 14.9. The molecule has 0 spiro atoms. The van der Waals surface area contributed by atoms with Crippen LogP contribution in [0.25, 0.3) is 0 Å². The topological polar surface area (TPSA) is 61.0 Å². The lowest BCUT2D eigenvalue weighted by atomic mass is 9.91. The summed E-state index contributed by atoms with van der Waals surface area (Å²) in [5.41, 5.74) is 7.09. The summed E-state index contributed by atoms with van der Waals surface area (Å²) in [6, 6.07) is 1.81. The number of hydrogen-bond donors (Lipinski definition) is 1. The Hall–Kier alpha value is -1.16. The van der Waals surface area contributed by atoms with Crippen LogP contribution >= 0.6 is 0 Å².